The molecule has 1 aromatic heterocycles. The highest BCUT2D eigenvalue weighted by Gasteiger charge is 2.40. The molecule has 2 fully saturated rings. The van der Waals surface area contributed by atoms with Crippen molar-refractivity contribution in [1.29, 1.82) is 0 Å². The Labute approximate surface area is 125 Å². The summed E-state index contributed by atoms with van der Waals surface area (Å²) >= 11 is 0. The van der Waals surface area contributed by atoms with Gasteiger partial charge in [0.05, 0.1) is 12.0 Å². The van der Waals surface area contributed by atoms with E-state index < -0.39 is 0 Å². The highest BCUT2D eigenvalue weighted by molar-refractivity contribution is 5.80. The van der Waals surface area contributed by atoms with E-state index in [1.165, 1.54) is 0 Å². The average molecular weight is 291 g/mol. The number of carbonyl (C=O) groups excluding carboxylic acids is 1. The van der Waals surface area contributed by atoms with Crippen LogP contribution in [0.4, 0.5) is 0 Å². The summed E-state index contributed by atoms with van der Waals surface area (Å²) in [6.45, 7) is 3.61. The zero-order chi connectivity index (χ0) is 14.9. The van der Waals surface area contributed by atoms with Crippen molar-refractivity contribution in [3.8, 4) is 0 Å². The largest absolute Gasteiger partial charge is 0.340 e. The number of hydrogen-bond acceptors (Lipinski definition) is 4. The van der Waals surface area contributed by atoms with Gasteiger partial charge in [-0.3, -0.25) is 4.79 Å². The third-order valence-corrected chi connectivity index (χ3v) is 5.07. The van der Waals surface area contributed by atoms with Gasteiger partial charge in [0.25, 0.3) is 0 Å². The predicted octanol–water partition coefficient (Wildman–Crippen LogP) is 1.35. The first-order chi connectivity index (χ1) is 10.1. The van der Waals surface area contributed by atoms with E-state index in [0.717, 1.165) is 51.6 Å². The molecule has 116 valence electrons. The van der Waals surface area contributed by atoms with Crippen LogP contribution in [0.1, 0.15) is 51.5 Å². The Morgan fingerprint density at radius 1 is 1.33 bits per heavy atom. The molecule has 1 aliphatic carbocycles. The molecule has 3 rings (SSSR count). The first-order valence-corrected chi connectivity index (χ1v) is 8.00. The van der Waals surface area contributed by atoms with E-state index in [1.807, 2.05) is 16.5 Å². The number of carbonyl (C=O) groups is 1. The molecule has 0 spiro atoms. The van der Waals surface area contributed by atoms with Crippen LogP contribution in [0.5, 0.6) is 0 Å². The molecule has 6 nitrogen and oxygen atoms in total. The molecule has 2 heterocycles. The first kappa shape index (κ1) is 14.5. The van der Waals surface area contributed by atoms with Gasteiger partial charge in [-0.1, -0.05) is 12.8 Å². The molecule has 6 heteroatoms. The predicted molar refractivity (Wildman–Crippen MR) is 79.4 cm³/mol. The number of likely N-dealkylation sites (tertiary alicyclic amines) is 1. The molecule has 1 aliphatic heterocycles. The second-order valence-corrected chi connectivity index (χ2v) is 6.76. The Hall–Kier alpha value is -1.43. The van der Waals surface area contributed by atoms with Gasteiger partial charge in [-0.05, 0) is 32.6 Å². The number of nitrogens with two attached hydrogens (primary N) is 1. The highest BCUT2D eigenvalue weighted by atomic mass is 16.2. The van der Waals surface area contributed by atoms with Crippen LogP contribution in [-0.2, 0) is 4.79 Å². The maximum Gasteiger partial charge on any atom is 0.227 e. The first-order valence-electron chi connectivity index (χ1n) is 8.00. The lowest BCUT2D eigenvalue weighted by Crippen LogP contribution is -2.55. The van der Waals surface area contributed by atoms with E-state index in [1.54, 1.807) is 12.7 Å². The molecule has 1 saturated carbocycles. The van der Waals surface area contributed by atoms with Gasteiger partial charge >= 0.3 is 0 Å². The summed E-state index contributed by atoms with van der Waals surface area (Å²) in [6.07, 6.45) is 9.50. The summed E-state index contributed by atoms with van der Waals surface area (Å²) in [7, 11) is 0. The lowest BCUT2D eigenvalue weighted by Gasteiger charge is -2.42. The number of hydrogen-bond donors (Lipinski definition) is 1. The highest BCUT2D eigenvalue weighted by Crippen LogP contribution is 2.34. The molecule has 2 N–H and O–H groups in total. The van der Waals surface area contributed by atoms with Gasteiger partial charge < -0.3 is 10.6 Å². The van der Waals surface area contributed by atoms with Crippen molar-refractivity contribution in [1.82, 2.24) is 19.7 Å². The maximum absolute atomic E-state index is 12.9. The fourth-order valence-electron chi connectivity index (χ4n) is 3.76. The molecule has 3 unspecified atom stereocenters. The number of aromatic nitrogens is 3. The van der Waals surface area contributed by atoms with Crippen LogP contribution in [-0.4, -0.2) is 44.2 Å². The van der Waals surface area contributed by atoms with E-state index in [9.17, 15) is 4.79 Å². The minimum absolute atomic E-state index is 0.0271. The van der Waals surface area contributed by atoms with Crippen LogP contribution in [0.25, 0.3) is 0 Å². The van der Waals surface area contributed by atoms with Gasteiger partial charge in [0.1, 0.15) is 12.7 Å². The van der Waals surface area contributed by atoms with Crippen LogP contribution < -0.4 is 5.73 Å². The van der Waals surface area contributed by atoms with E-state index in [0.29, 0.717) is 0 Å². The Morgan fingerprint density at radius 3 is 2.90 bits per heavy atom. The van der Waals surface area contributed by atoms with Crippen molar-refractivity contribution in [2.45, 2.75) is 57.0 Å². The molecule has 1 aromatic rings. The van der Waals surface area contributed by atoms with Crippen molar-refractivity contribution < 1.29 is 4.79 Å². The van der Waals surface area contributed by atoms with Crippen LogP contribution in [0.3, 0.4) is 0 Å². The number of nitrogens with zero attached hydrogens (tertiary/aromatic N) is 4. The fourth-order valence-corrected chi connectivity index (χ4v) is 3.76. The molecular formula is C15H25N5O. The Kier molecular flexibility index (Phi) is 3.97. The average Bonchev–Trinajstić information content (AvgIpc) is 3.00. The van der Waals surface area contributed by atoms with Crippen molar-refractivity contribution in [2.75, 3.05) is 13.1 Å². The Bertz CT molecular complexity index is 484. The van der Waals surface area contributed by atoms with Crippen LogP contribution in [0.15, 0.2) is 12.7 Å². The standard InChI is InChI=1S/C15H25N5O/c1-15(16)7-3-2-6-13(15)14(21)19-8-4-5-12(9-19)20-11-17-10-18-20/h10-13H,2-9,16H2,1H3. The van der Waals surface area contributed by atoms with Crippen molar-refractivity contribution in [2.24, 2.45) is 11.7 Å². The van der Waals surface area contributed by atoms with Gasteiger partial charge in [-0.25, -0.2) is 9.67 Å². The Balaban J connectivity index is 1.69. The molecule has 21 heavy (non-hydrogen) atoms. The molecule has 0 bridgehead atoms. The number of rotatable bonds is 2. The summed E-state index contributed by atoms with van der Waals surface area (Å²) < 4.78 is 1.88. The van der Waals surface area contributed by atoms with Gasteiger partial charge in [0.15, 0.2) is 0 Å². The number of piperidine rings is 1. The van der Waals surface area contributed by atoms with E-state index in [4.69, 9.17) is 5.73 Å². The summed E-state index contributed by atoms with van der Waals surface area (Å²) in [4.78, 5) is 18.9. The Morgan fingerprint density at radius 2 is 2.19 bits per heavy atom. The van der Waals surface area contributed by atoms with Crippen molar-refractivity contribution >= 4 is 5.91 Å². The quantitative estimate of drug-likeness (QED) is 0.892. The molecule has 0 aromatic carbocycles. The normalized spacial score (nSPS) is 33.9. The lowest BCUT2D eigenvalue weighted by molar-refractivity contribution is -0.140. The second-order valence-electron chi connectivity index (χ2n) is 6.76. The summed E-state index contributed by atoms with van der Waals surface area (Å²) in [6, 6.07) is 0.248. The topological polar surface area (TPSA) is 77.0 Å². The summed E-state index contributed by atoms with van der Waals surface area (Å²) in [5.74, 6) is 0.213. The minimum Gasteiger partial charge on any atom is -0.340 e. The van der Waals surface area contributed by atoms with E-state index in [2.05, 4.69) is 10.1 Å². The third kappa shape index (κ3) is 2.95. The van der Waals surface area contributed by atoms with Crippen molar-refractivity contribution in [3.05, 3.63) is 12.7 Å². The van der Waals surface area contributed by atoms with Crippen LogP contribution in [0, 0.1) is 5.92 Å². The van der Waals surface area contributed by atoms with Gasteiger partial charge in [0.2, 0.25) is 5.91 Å². The van der Waals surface area contributed by atoms with Crippen LogP contribution in [0.2, 0.25) is 0 Å². The van der Waals surface area contributed by atoms with Gasteiger partial charge in [0, 0.05) is 18.6 Å². The zero-order valence-electron chi connectivity index (χ0n) is 12.7. The number of amides is 1. The molecular weight excluding hydrogens is 266 g/mol. The molecule has 2 aliphatic rings. The summed E-state index contributed by atoms with van der Waals surface area (Å²) in [5.41, 5.74) is 6.03. The lowest BCUT2D eigenvalue weighted by atomic mass is 9.74. The van der Waals surface area contributed by atoms with E-state index >= 15 is 0 Å². The van der Waals surface area contributed by atoms with E-state index in [-0.39, 0.29) is 23.4 Å². The fraction of sp³-hybridized carbons (Fsp3) is 0.800. The monoisotopic (exact) mass is 291 g/mol. The smallest absolute Gasteiger partial charge is 0.227 e. The molecule has 0 radical (unpaired) electrons. The summed E-state index contributed by atoms with van der Waals surface area (Å²) in [5, 5.41) is 4.22. The van der Waals surface area contributed by atoms with Crippen molar-refractivity contribution in [3.63, 3.8) is 0 Å². The molecule has 1 amide bonds. The van der Waals surface area contributed by atoms with Gasteiger partial charge in [-0.2, -0.15) is 5.10 Å². The third-order valence-electron chi connectivity index (χ3n) is 5.07. The van der Waals surface area contributed by atoms with Gasteiger partial charge in [-0.15, -0.1) is 0 Å². The minimum atomic E-state index is -0.352. The van der Waals surface area contributed by atoms with Crippen LogP contribution >= 0.6 is 0 Å². The zero-order valence-corrected chi connectivity index (χ0v) is 12.7. The molecule has 3 atom stereocenters. The maximum atomic E-state index is 12.9. The molecule has 1 saturated heterocycles. The SMILES string of the molecule is CC1(N)CCCCC1C(=O)N1CCCC(n2cncn2)C1. The second kappa shape index (κ2) is 5.75.